The van der Waals surface area contributed by atoms with E-state index in [0.29, 0.717) is 12.5 Å². The van der Waals surface area contributed by atoms with Gasteiger partial charge in [-0.15, -0.1) is 0 Å². The SMILES string of the molecule is CC(C)[C@@H](CO)N(Cc1ccccc1)Cc1ccno1. The van der Waals surface area contributed by atoms with Crippen molar-refractivity contribution in [2.24, 2.45) is 5.92 Å². The van der Waals surface area contributed by atoms with Crippen LogP contribution < -0.4 is 0 Å². The molecule has 1 heterocycles. The van der Waals surface area contributed by atoms with Gasteiger partial charge in [-0.25, -0.2) is 0 Å². The van der Waals surface area contributed by atoms with Crippen molar-refractivity contribution in [3.05, 3.63) is 53.9 Å². The highest BCUT2D eigenvalue weighted by Crippen LogP contribution is 2.18. The largest absolute Gasteiger partial charge is 0.395 e. The Morgan fingerprint density at radius 1 is 1.15 bits per heavy atom. The molecule has 0 aliphatic carbocycles. The maximum absolute atomic E-state index is 9.69. The zero-order valence-electron chi connectivity index (χ0n) is 12.1. The van der Waals surface area contributed by atoms with Gasteiger partial charge >= 0.3 is 0 Å². The first-order valence-corrected chi connectivity index (χ1v) is 6.99. The molecule has 0 saturated heterocycles. The fourth-order valence-electron chi connectivity index (χ4n) is 2.38. The van der Waals surface area contributed by atoms with Gasteiger partial charge in [-0.1, -0.05) is 49.3 Å². The number of hydrogen-bond acceptors (Lipinski definition) is 4. The van der Waals surface area contributed by atoms with E-state index in [2.05, 4.69) is 36.0 Å². The molecule has 0 fully saturated rings. The van der Waals surface area contributed by atoms with E-state index in [1.165, 1.54) is 5.56 Å². The summed E-state index contributed by atoms with van der Waals surface area (Å²) in [7, 11) is 0. The zero-order valence-corrected chi connectivity index (χ0v) is 12.1. The van der Waals surface area contributed by atoms with Crippen LogP contribution in [-0.4, -0.2) is 27.8 Å². The van der Waals surface area contributed by atoms with Crippen molar-refractivity contribution in [3.63, 3.8) is 0 Å². The van der Waals surface area contributed by atoms with Crippen molar-refractivity contribution in [3.8, 4) is 0 Å². The molecule has 20 heavy (non-hydrogen) atoms. The van der Waals surface area contributed by atoms with Gasteiger partial charge in [0.25, 0.3) is 0 Å². The summed E-state index contributed by atoms with van der Waals surface area (Å²) in [5, 5.41) is 13.4. The summed E-state index contributed by atoms with van der Waals surface area (Å²) in [5.74, 6) is 1.19. The molecule has 1 aromatic heterocycles. The van der Waals surface area contributed by atoms with Crippen LogP contribution in [0.15, 0.2) is 47.1 Å². The Morgan fingerprint density at radius 2 is 1.90 bits per heavy atom. The van der Waals surface area contributed by atoms with Crippen LogP contribution in [0, 0.1) is 5.92 Å². The second-order valence-corrected chi connectivity index (χ2v) is 5.36. The van der Waals surface area contributed by atoms with Crippen molar-refractivity contribution in [1.82, 2.24) is 10.1 Å². The monoisotopic (exact) mass is 274 g/mol. The van der Waals surface area contributed by atoms with Crippen LogP contribution >= 0.6 is 0 Å². The number of aliphatic hydroxyl groups is 1. The Balaban J connectivity index is 2.14. The van der Waals surface area contributed by atoms with Crippen molar-refractivity contribution >= 4 is 0 Å². The number of hydrogen-bond donors (Lipinski definition) is 1. The van der Waals surface area contributed by atoms with Crippen LogP contribution in [0.4, 0.5) is 0 Å². The minimum atomic E-state index is 0.0975. The van der Waals surface area contributed by atoms with E-state index in [1.54, 1.807) is 6.20 Å². The van der Waals surface area contributed by atoms with Crippen LogP contribution in [0.3, 0.4) is 0 Å². The summed E-state index contributed by atoms with van der Waals surface area (Å²) >= 11 is 0. The van der Waals surface area contributed by atoms with Crippen LogP contribution in [0.1, 0.15) is 25.2 Å². The lowest BCUT2D eigenvalue weighted by Crippen LogP contribution is -2.40. The van der Waals surface area contributed by atoms with Gasteiger partial charge < -0.3 is 9.63 Å². The van der Waals surface area contributed by atoms with Gasteiger partial charge in [0.05, 0.1) is 19.3 Å². The van der Waals surface area contributed by atoms with E-state index in [0.717, 1.165) is 12.3 Å². The number of rotatable bonds is 7. The molecule has 0 aliphatic rings. The molecule has 2 rings (SSSR count). The third-order valence-electron chi connectivity index (χ3n) is 3.50. The summed E-state index contributed by atoms with van der Waals surface area (Å²) in [6.07, 6.45) is 1.65. The molecule has 4 nitrogen and oxygen atoms in total. The highest BCUT2D eigenvalue weighted by molar-refractivity contribution is 5.14. The topological polar surface area (TPSA) is 49.5 Å². The van der Waals surface area contributed by atoms with Gasteiger partial charge in [-0.05, 0) is 11.5 Å². The molecule has 0 spiro atoms. The maximum Gasteiger partial charge on any atom is 0.150 e. The second kappa shape index (κ2) is 7.22. The van der Waals surface area contributed by atoms with Gasteiger partial charge in [0.1, 0.15) is 0 Å². The van der Waals surface area contributed by atoms with E-state index in [-0.39, 0.29) is 12.6 Å². The average molecular weight is 274 g/mol. The molecule has 108 valence electrons. The normalized spacial score (nSPS) is 13.1. The Bertz CT molecular complexity index is 482. The van der Waals surface area contributed by atoms with E-state index in [9.17, 15) is 5.11 Å². The van der Waals surface area contributed by atoms with Gasteiger partial charge in [-0.2, -0.15) is 0 Å². The lowest BCUT2D eigenvalue weighted by atomic mass is 10.0. The number of benzene rings is 1. The Kier molecular flexibility index (Phi) is 5.32. The summed E-state index contributed by atoms with van der Waals surface area (Å²) in [5.41, 5.74) is 1.23. The number of aliphatic hydroxyl groups excluding tert-OH is 1. The standard InChI is InChI=1S/C16H22N2O2/c1-13(2)16(12-19)18(11-15-8-9-17-20-15)10-14-6-4-3-5-7-14/h3-9,13,16,19H,10-12H2,1-2H3/t16-/m1/s1. The Morgan fingerprint density at radius 3 is 2.45 bits per heavy atom. The smallest absolute Gasteiger partial charge is 0.150 e. The summed E-state index contributed by atoms with van der Waals surface area (Å²) in [6, 6.07) is 12.2. The molecular formula is C16H22N2O2. The zero-order chi connectivity index (χ0) is 14.4. The predicted octanol–water partition coefficient (Wildman–Crippen LogP) is 2.69. The molecule has 1 N–H and O–H groups in total. The van der Waals surface area contributed by atoms with E-state index >= 15 is 0 Å². The lowest BCUT2D eigenvalue weighted by Gasteiger charge is -2.32. The summed E-state index contributed by atoms with van der Waals surface area (Å²) < 4.78 is 5.20. The summed E-state index contributed by atoms with van der Waals surface area (Å²) in [4.78, 5) is 2.24. The predicted molar refractivity (Wildman–Crippen MR) is 77.9 cm³/mol. The first-order valence-electron chi connectivity index (χ1n) is 6.99. The van der Waals surface area contributed by atoms with E-state index < -0.39 is 0 Å². The molecular weight excluding hydrogens is 252 g/mol. The summed E-state index contributed by atoms with van der Waals surface area (Å²) in [6.45, 7) is 5.82. The average Bonchev–Trinajstić information content (AvgIpc) is 2.93. The third kappa shape index (κ3) is 3.92. The number of aromatic nitrogens is 1. The highest BCUT2D eigenvalue weighted by atomic mass is 16.5. The molecule has 0 radical (unpaired) electrons. The van der Waals surface area contributed by atoms with Gasteiger partial charge in [0, 0.05) is 18.7 Å². The van der Waals surface area contributed by atoms with Crippen molar-refractivity contribution in [1.29, 1.82) is 0 Å². The van der Waals surface area contributed by atoms with Crippen LogP contribution in [0.2, 0.25) is 0 Å². The molecule has 0 unspecified atom stereocenters. The fourth-order valence-corrected chi connectivity index (χ4v) is 2.38. The van der Waals surface area contributed by atoms with E-state index in [4.69, 9.17) is 4.52 Å². The quantitative estimate of drug-likeness (QED) is 0.843. The molecule has 0 amide bonds. The Hall–Kier alpha value is -1.65. The van der Waals surface area contributed by atoms with Crippen molar-refractivity contribution < 1.29 is 9.63 Å². The van der Waals surface area contributed by atoms with Gasteiger partial charge in [0.15, 0.2) is 5.76 Å². The van der Waals surface area contributed by atoms with Crippen LogP contribution in [0.25, 0.3) is 0 Å². The fraction of sp³-hybridized carbons (Fsp3) is 0.438. The molecule has 4 heteroatoms. The van der Waals surface area contributed by atoms with E-state index in [1.807, 2.05) is 24.3 Å². The molecule has 1 aromatic carbocycles. The van der Waals surface area contributed by atoms with Gasteiger partial charge in [0.2, 0.25) is 0 Å². The first kappa shape index (κ1) is 14.8. The molecule has 1 atom stereocenters. The highest BCUT2D eigenvalue weighted by Gasteiger charge is 2.22. The van der Waals surface area contributed by atoms with Gasteiger partial charge in [-0.3, -0.25) is 4.90 Å². The second-order valence-electron chi connectivity index (χ2n) is 5.36. The lowest BCUT2D eigenvalue weighted by molar-refractivity contribution is 0.0710. The first-order chi connectivity index (χ1) is 9.70. The Labute approximate surface area is 120 Å². The molecule has 0 aliphatic heterocycles. The minimum absolute atomic E-state index is 0.0975. The molecule has 0 bridgehead atoms. The molecule has 2 aromatic rings. The molecule has 0 saturated carbocycles. The minimum Gasteiger partial charge on any atom is -0.395 e. The third-order valence-corrected chi connectivity index (χ3v) is 3.50. The van der Waals surface area contributed by atoms with Crippen molar-refractivity contribution in [2.75, 3.05) is 6.61 Å². The number of nitrogens with zero attached hydrogens (tertiary/aromatic N) is 2. The van der Waals surface area contributed by atoms with Crippen molar-refractivity contribution in [2.45, 2.75) is 33.0 Å². The maximum atomic E-state index is 9.69. The van der Waals surface area contributed by atoms with Crippen LogP contribution in [-0.2, 0) is 13.1 Å². The van der Waals surface area contributed by atoms with Crippen LogP contribution in [0.5, 0.6) is 0 Å².